The van der Waals surface area contributed by atoms with E-state index in [2.05, 4.69) is 30.5 Å². The molecule has 0 radical (unpaired) electrons. The first-order valence-electron chi connectivity index (χ1n) is 7.15. The second-order valence-electron chi connectivity index (χ2n) is 6.45. The topological polar surface area (TPSA) is 46.4 Å². The molecule has 3 aliphatic rings. The number of hydrogen-bond acceptors (Lipinski definition) is 2. The van der Waals surface area contributed by atoms with Crippen LogP contribution in [0, 0.1) is 17.3 Å². The zero-order chi connectivity index (χ0) is 14.3. The maximum absolute atomic E-state index is 11.9. The van der Waals surface area contributed by atoms with E-state index >= 15 is 0 Å². The van der Waals surface area contributed by atoms with Crippen LogP contribution in [0.3, 0.4) is 0 Å². The van der Waals surface area contributed by atoms with Crippen molar-refractivity contribution in [1.82, 2.24) is 9.99 Å². The van der Waals surface area contributed by atoms with Gasteiger partial charge >= 0.3 is 0 Å². The van der Waals surface area contributed by atoms with Crippen LogP contribution in [0.25, 0.3) is 0 Å². The number of aromatic nitrogens is 1. The Morgan fingerprint density at radius 3 is 2.95 bits per heavy atom. The number of carbonyl (C=O) groups is 1. The van der Waals surface area contributed by atoms with Crippen molar-refractivity contribution in [2.75, 3.05) is 0 Å². The van der Waals surface area contributed by atoms with Crippen molar-refractivity contribution in [3.8, 4) is 0 Å². The Hall–Kier alpha value is -1.84. The molecule has 1 aromatic rings. The third-order valence-electron chi connectivity index (χ3n) is 5.07. The first kappa shape index (κ1) is 13.2. The third-order valence-corrected chi connectivity index (χ3v) is 5.07. The van der Waals surface area contributed by atoms with E-state index in [0.29, 0.717) is 17.0 Å². The predicted octanol–water partition coefficient (Wildman–Crippen LogP) is 2.73. The van der Waals surface area contributed by atoms with Crippen LogP contribution in [0.2, 0.25) is 0 Å². The van der Waals surface area contributed by atoms with Crippen LogP contribution in [-0.2, 0) is 7.05 Å². The molecule has 1 N–H and O–H groups in total. The predicted molar refractivity (Wildman–Crippen MR) is 79.4 cm³/mol. The standard InChI is InChI=1S/C16H21N3O/c1-16(2)12-7-6-11(13(16)9-12)10-17-18-15(20)14-5-4-8-19(14)3/h4-6,8,10,12-13H,7,9H2,1-3H3,(H,18,20)/t12-,13+/m0/s1. The van der Waals surface area contributed by atoms with Gasteiger partial charge in [-0.05, 0) is 47.8 Å². The highest BCUT2D eigenvalue weighted by Gasteiger charge is 2.50. The lowest BCUT2D eigenvalue weighted by atomic mass is 9.49. The van der Waals surface area contributed by atoms with Gasteiger partial charge in [-0.15, -0.1) is 0 Å². The third kappa shape index (κ3) is 1.99. The number of amides is 1. The normalized spacial score (nSPS) is 27.1. The molecule has 4 rings (SSSR count). The lowest BCUT2D eigenvalue weighted by Gasteiger charge is -2.55. The minimum absolute atomic E-state index is 0.170. The molecule has 1 heterocycles. The molecule has 4 heteroatoms. The van der Waals surface area contributed by atoms with Crippen LogP contribution in [0.5, 0.6) is 0 Å². The lowest BCUT2D eigenvalue weighted by Crippen LogP contribution is -2.48. The van der Waals surface area contributed by atoms with Gasteiger partial charge in [0.05, 0.1) is 6.21 Å². The largest absolute Gasteiger partial charge is 0.347 e. The molecule has 20 heavy (non-hydrogen) atoms. The summed E-state index contributed by atoms with van der Waals surface area (Å²) in [7, 11) is 1.85. The lowest BCUT2D eigenvalue weighted by molar-refractivity contribution is -0.00126. The Balaban J connectivity index is 1.63. The number of hydrazone groups is 1. The van der Waals surface area contributed by atoms with Crippen LogP contribution in [0.15, 0.2) is 35.1 Å². The van der Waals surface area contributed by atoms with Crippen molar-refractivity contribution in [1.29, 1.82) is 0 Å². The smallest absolute Gasteiger partial charge is 0.287 e. The number of allylic oxidation sites excluding steroid dienone is 2. The van der Waals surface area contributed by atoms with Gasteiger partial charge in [0.1, 0.15) is 5.69 Å². The summed E-state index contributed by atoms with van der Waals surface area (Å²) in [6.45, 7) is 4.66. The van der Waals surface area contributed by atoms with Crippen molar-refractivity contribution in [2.24, 2.45) is 29.4 Å². The van der Waals surface area contributed by atoms with Gasteiger partial charge in [-0.1, -0.05) is 19.9 Å². The molecule has 106 valence electrons. The molecule has 4 nitrogen and oxygen atoms in total. The summed E-state index contributed by atoms with van der Waals surface area (Å²) in [4.78, 5) is 11.9. The molecule has 1 amide bonds. The van der Waals surface area contributed by atoms with Gasteiger partial charge in [-0.25, -0.2) is 5.43 Å². The van der Waals surface area contributed by atoms with E-state index in [9.17, 15) is 4.79 Å². The van der Waals surface area contributed by atoms with Crippen molar-refractivity contribution in [3.05, 3.63) is 35.7 Å². The molecule has 0 aromatic carbocycles. The molecule has 3 aliphatic carbocycles. The van der Waals surface area contributed by atoms with E-state index < -0.39 is 0 Å². The summed E-state index contributed by atoms with van der Waals surface area (Å²) in [5, 5.41) is 4.13. The quantitative estimate of drug-likeness (QED) is 0.667. The number of fused-ring (bicyclic) bond motifs is 1. The average molecular weight is 271 g/mol. The van der Waals surface area contributed by atoms with E-state index in [-0.39, 0.29) is 5.91 Å². The monoisotopic (exact) mass is 271 g/mol. The summed E-state index contributed by atoms with van der Waals surface area (Å²) >= 11 is 0. The highest BCUT2D eigenvalue weighted by molar-refractivity contribution is 5.93. The van der Waals surface area contributed by atoms with Gasteiger partial charge in [0, 0.05) is 13.2 Å². The fourth-order valence-corrected chi connectivity index (χ4v) is 3.46. The SMILES string of the molecule is Cn1cccc1C(=O)NN=CC1=CC[C@H]2C[C@H]1C2(C)C. The Morgan fingerprint density at radius 1 is 1.55 bits per heavy atom. The number of carbonyl (C=O) groups excluding carboxylic acids is 1. The van der Waals surface area contributed by atoms with Crippen LogP contribution in [0.1, 0.15) is 37.2 Å². The maximum atomic E-state index is 11.9. The molecule has 1 fully saturated rings. The molecule has 0 unspecified atom stereocenters. The molecule has 1 aromatic heterocycles. The first-order chi connectivity index (χ1) is 9.50. The van der Waals surface area contributed by atoms with Crippen LogP contribution in [0.4, 0.5) is 0 Å². The van der Waals surface area contributed by atoms with Crippen molar-refractivity contribution < 1.29 is 4.79 Å². The van der Waals surface area contributed by atoms with Crippen molar-refractivity contribution in [2.45, 2.75) is 26.7 Å². The second-order valence-corrected chi connectivity index (χ2v) is 6.45. The van der Waals surface area contributed by atoms with Crippen molar-refractivity contribution in [3.63, 3.8) is 0 Å². The van der Waals surface area contributed by atoms with Crippen LogP contribution >= 0.6 is 0 Å². The van der Waals surface area contributed by atoms with E-state index in [1.165, 1.54) is 12.0 Å². The fourth-order valence-electron chi connectivity index (χ4n) is 3.46. The molecule has 1 saturated carbocycles. The fraction of sp³-hybridized carbons (Fsp3) is 0.500. The van der Waals surface area contributed by atoms with Gasteiger partial charge in [-0.2, -0.15) is 5.10 Å². The van der Waals surface area contributed by atoms with Crippen LogP contribution in [-0.4, -0.2) is 16.7 Å². The highest BCUT2D eigenvalue weighted by atomic mass is 16.2. The van der Waals surface area contributed by atoms with Gasteiger partial charge in [0.15, 0.2) is 0 Å². The second kappa shape index (κ2) is 4.62. The van der Waals surface area contributed by atoms with Gasteiger partial charge in [0.2, 0.25) is 0 Å². The van der Waals surface area contributed by atoms with Crippen LogP contribution < -0.4 is 5.43 Å². The summed E-state index contributed by atoms with van der Waals surface area (Å²) in [6, 6.07) is 3.63. The molecule has 0 aliphatic heterocycles. The van der Waals surface area contributed by atoms with Gasteiger partial charge in [0.25, 0.3) is 5.91 Å². The van der Waals surface area contributed by atoms with E-state index in [1.54, 1.807) is 10.6 Å². The number of hydrogen-bond donors (Lipinski definition) is 1. The Bertz CT molecular complexity index is 595. The minimum atomic E-state index is -0.170. The molecule has 0 saturated heterocycles. The summed E-state index contributed by atoms with van der Waals surface area (Å²) in [5.41, 5.74) is 4.88. The van der Waals surface area contributed by atoms with E-state index in [0.717, 1.165) is 12.3 Å². The molecular formula is C16H21N3O. The summed E-state index contributed by atoms with van der Waals surface area (Å²) < 4.78 is 1.78. The highest BCUT2D eigenvalue weighted by Crippen LogP contribution is 2.58. The van der Waals surface area contributed by atoms with Crippen molar-refractivity contribution >= 4 is 12.1 Å². The minimum Gasteiger partial charge on any atom is -0.347 e. The molecule has 2 atom stereocenters. The number of rotatable bonds is 3. The van der Waals surface area contributed by atoms with E-state index in [4.69, 9.17) is 0 Å². The zero-order valence-corrected chi connectivity index (χ0v) is 12.3. The number of nitrogens with one attached hydrogen (secondary N) is 1. The molecule has 0 spiro atoms. The summed E-state index contributed by atoms with van der Waals surface area (Å²) in [6.07, 6.45) is 8.33. The van der Waals surface area contributed by atoms with Gasteiger partial charge in [-0.3, -0.25) is 4.79 Å². The zero-order valence-electron chi connectivity index (χ0n) is 12.3. The first-order valence-corrected chi connectivity index (χ1v) is 7.15. The Labute approximate surface area is 119 Å². The molecular weight excluding hydrogens is 250 g/mol. The Morgan fingerprint density at radius 2 is 2.35 bits per heavy atom. The number of nitrogens with zero attached hydrogens (tertiary/aromatic N) is 2. The Kier molecular flexibility index (Phi) is 3.04. The average Bonchev–Trinajstić information content (AvgIpc) is 2.85. The van der Waals surface area contributed by atoms with E-state index in [1.807, 2.05) is 25.5 Å². The number of aryl methyl sites for hydroxylation is 1. The van der Waals surface area contributed by atoms with Gasteiger partial charge < -0.3 is 4.57 Å². The maximum Gasteiger partial charge on any atom is 0.287 e. The summed E-state index contributed by atoms with van der Waals surface area (Å²) in [5.74, 6) is 1.25. The molecule has 2 bridgehead atoms.